The highest BCUT2D eigenvalue weighted by Gasteiger charge is 2.19. The van der Waals surface area contributed by atoms with Crippen LogP contribution in [0.1, 0.15) is 18.1 Å². The summed E-state index contributed by atoms with van der Waals surface area (Å²) in [5.74, 6) is -0.309. The third-order valence-corrected chi connectivity index (χ3v) is 3.96. The number of carbonyl (C=O) groups is 1. The minimum atomic E-state index is -0.616. The molecule has 1 aromatic rings. The Morgan fingerprint density at radius 3 is 2.92 bits per heavy atom. The molecular weight excluding hydrogens is 302 g/mol. The van der Waals surface area contributed by atoms with Crippen LogP contribution in [0.5, 0.6) is 0 Å². The number of amides is 1. The fourth-order valence-corrected chi connectivity index (χ4v) is 2.81. The van der Waals surface area contributed by atoms with Gasteiger partial charge in [0.1, 0.15) is 5.71 Å². The summed E-state index contributed by atoms with van der Waals surface area (Å²) < 4.78 is 0. The SMILES string of the molecule is C=C/N=C(\C=C/C)C(=O)NC[C@@H](O)CN1CCc2ccccc2C1. The second-order valence-corrected chi connectivity index (χ2v) is 5.81. The number of allylic oxidation sites excluding steroid dienone is 1. The molecule has 2 rings (SSSR count). The highest BCUT2D eigenvalue weighted by Crippen LogP contribution is 2.18. The maximum atomic E-state index is 12.0. The molecule has 24 heavy (non-hydrogen) atoms. The van der Waals surface area contributed by atoms with E-state index in [1.807, 2.05) is 13.0 Å². The third-order valence-electron chi connectivity index (χ3n) is 3.96. The summed E-state index contributed by atoms with van der Waals surface area (Å²) in [5, 5.41) is 12.9. The van der Waals surface area contributed by atoms with Gasteiger partial charge in [-0.1, -0.05) is 36.9 Å². The lowest BCUT2D eigenvalue weighted by atomic mass is 10.00. The van der Waals surface area contributed by atoms with E-state index in [0.717, 1.165) is 19.5 Å². The zero-order valence-corrected chi connectivity index (χ0v) is 14.1. The molecule has 0 spiro atoms. The average Bonchev–Trinajstić information content (AvgIpc) is 2.59. The normalized spacial score (nSPS) is 16.7. The molecule has 0 unspecified atom stereocenters. The summed E-state index contributed by atoms with van der Waals surface area (Å²) in [6.07, 6.45) is 5.06. The summed E-state index contributed by atoms with van der Waals surface area (Å²) in [5.41, 5.74) is 2.98. The molecule has 0 radical (unpaired) electrons. The predicted octanol–water partition coefficient (Wildman–Crippen LogP) is 1.68. The lowest BCUT2D eigenvalue weighted by molar-refractivity contribution is -0.115. The van der Waals surface area contributed by atoms with Crippen molar-refractivity contribution >= 4 is 11.6 Å². The van der Waals surface area contributed by atoms with Gasteiger partial charge in [-0.2, -0.15) is 0 Å². The van der Waals surface area contributed by atoms with Gasteiger partial charge in [-0.3, -0.25) is 14.7 Å². The highest BCUT2D eigenvalue weighted by molar-refractivity contribution is 6.43. The topological polar surface area (TPSA) is 64.9 Å². The van der Waals surface area contributed by atoms with E-state index in [9.17, 15) is 9.90 Å². The highest BCUT2D eigenvalue weighted by atomic mass is 16.3. The number of rotatable bonds is 7. The number of fused-ring (bicyclic) bond motifs is 1. The van der Waals surface area contributed by atoms with Crippen molar-refractivity contribution in [3.8, 4) is 0 Å². The molecule has 0 saturated carbocycles. The molecule has 5 heteroatoms. The van der Waals surface area contributed by atoms with Crippen molar-refractivity contribution in [1.29, 1.82) is 0 Å². The van der Waals surface area contributed by atoms with Crippen molar-refractivity contribution in [2.24, 2.45) is 4.99 Å². The fourth-order valence-electron chi connectivity index (χ4n) is 2.81. The molecular formula is C19H25N3O2. The summed E-state index contributed by atoms with van der Waals surface area (Å²) in [4.78, 5) is 18.2. The number of carbonyl (C=O) groups excluding carboxylic acids is 1. The Labute approximate surface area is 143 Å². The van der Waals surface area contributed by atoms with Crippen molar-refractivity contribution in [1.82, 2.24) is 10.2 Å². The van der Waals surface area contributed by atoms with Gasteiger partial charge in [-0.05, 0) is 30.5 Å². The maximum absolute atomic E-state index is 12.0. The molecule has 1 atom stereocenters. The Morgan fingerprint density at radius 1 is 1.46 bits per heavy atom. The van der Waals surface area contributed by atoms with Crippen molar-refractivity contribution in [2.75, 3.05) is 19.6 Å². The number of nitrogens with one attached hydrogen (secondary N) is 1. The van der Waals surface area contributed by atoms with E-state index in [0.29, 0.717) is 6.54 Å². The number of nitrogens with zero attached hydrogens (tertiary/aromatic N) is 2. The van der Waals surface area contributed by atoms with Gasteiger partial charge in [-0.15, -0.1) is 0 Å². The van der Waals surface area contributed by atoms with Gasteiger partial charge in [0.15, 0.2) is 0 Å². The number of β-amino-alcohol motifs (C(OH)–C–C–N with tert-alkyl or cyclic N) is 1. The molecule has 2 N–H and O–H groups in total. The van der Waals surface area contributed by atoms with Crippen molar-refractivity contribution in [3.05, 3.63) is 60.3 Å². The van der Waals surface area contributed by atoms with Gasteiger partial charge in [-0.25, -0.2) is 0 Å². The van der Waals surface area contributed by atoms with Crippen LogP contribution in [0.2, 0.25) is 0 Å². The van der Waals surface area contributed by atoms with Crippen LogP contribution in [0.15, 0.2) is 54.2 Å². The van der Waals surface area contributed by atoms with Gasteiger partial charge in [0.05, 0.1) is 6.10 Å². The van der Waals surface area contributed by atoms with E-state index < -0.39 is 6.10 Å². The van der Waals surface area contributed by atoms with Crippen LogP contribution in [0.4, 0.5) is 0 Å². The molecule has 5 nitrogen and oxygen atoms in total. The van der Waals surface area contributed by atoms with Gasteiger partial charge in [0.25, 0.3) is 5.91 Å². The fraction of sp³-hybridized carbons (Fsp3) is 0.368. The molecule has 0 aromatic heterocycles. The average molecular weight is 327 g/mol. The Hall–Kier alpha value is -2.24. The number of aliphatic hydroxyl groups is 1. The first kappa shape index (κ1) is 18.1. The van der Waals surface area contributed by atoms with Gasteiger partial charge in [0.2, 0.25) is 0 Å². The van der Waals surface area contributed by atoms with Gasteiger partial charge in [0, 0.05) is 32.4 Å². The van der Waals surface area contributed by atoms with Gasteiger partial charge < -0.3 is 10.4 Å². The molecule has 0 fully saturated rings. The summed E-state index contributed by atoms with van der Waals surface area (Å²) >= 11 is 0. The monoisotopic (exact) mass is 327 g/mol. The molecule has 1 aliphatic heterocycles. The first-order valence-corrected chi connectivity index (χ1v) is 8.20. The summed E-state index contributed by atoms with van der Waals surface area (Å²) in [7, 11) is 0. The Kier molecular flexibility index (Phi) is 6.90. The van der Waals surface area contributed by atoms with Crippen LogP contribution in [-0.2, 0) is 17.8 Å². The molecule has 1 amide bonds. The van der Waals surface area contributed by atoms with E-state index >= 15 is 0 Å². The minimum absolute atomic E-state index is 0.199. The molecule has 1 aromatic carbocycles. The third kappa shape index (κ3) is 5.15. The van der Waals surface area contributed by atoms with Crippen LogP contribution in [0.25, 0.3) is 0 Å². The number of hydrogen-bond donors (Lipinski definition) is 2. The van der Waals surface area contributed by atoms with Crippen molar-refractivity contribution in [3.63, 3.8) is 0 Å². The van der Waals surface area contributed by atoms with Crippen LogP contribution in [0, 0.1) is 0 Å². The number of aliphatic hydroxyl groups excluding tert-OH is 1. The van der Waals surface area contributed by atoms with Crippen LogP contribution >= 0.6 is 0 Å². The second-order valence-electron chi connectivity index (χ2n) is 5.81. The maximum Gasteiger partial charge on any atom is 0.269 e. The number of hydrogen-bond acceptors (Lipinski definition) is 4. The Balaban J connectivity index is 1.81. The molecule has 0 saturated heterocycles. The van der Waals surface area contributed by atoms with Crippen molar-refractivity contribution in [2.45, 2.75) is 26.0 Å². The first-order valence-electron chi connectivity index (χ1n) is 8.20. The van der Waals surface area contributed by atoms with E-state index in [1.165, 1.54) is 17.3 Å². The lowest BCUT2D eigenvalue weighted by Gasteiger charge is -2.30. The number of benzene rings is 1. The largest absolute Gasteiger partial charge is 0.390 e. The van der Waals surface area contributed by atoms with E-state index in [-0.39, 0.29) is 18.2 Å². The smallest absolute Gasteiger partial charge is 0.269 e. The number of aliphatic imine (C=N–C) groups is 1. The Morgan fingerprint density at radius 2 is 2.21 bits per heavy atom. The van der Waals surface area contributed by atoms with Crippen molar-refractivity contribution < 1.29 is 9.90 Å². The second kappa shape index (κ2) is 9.15. The summed E-state index contributed by atoms with van der Waals surface area (Å²) in [6, 6.07) is 8.39. The quantitative estimate of drug-likeness (QED) is 0.749. The molecule has 1 heterocycles. The zero-order valence-electron chi connectivity index (χ0n) is 14.1. The van der Waals surface area contributed by atoms with Gasteiger partial charge >= 0.3 is 0 Å². The van der Waals surface area contributed by atoms with E-state index in [1.54, 1.807) is 12.2 Å². The molecule has 128 valence electrons. The molecule has 1 aliphatic rings. The zero-order chi connectivity index (χ0) is 17.4. The molecule has 0 bridgehead atoms. The first-order chi connectivity index (χ1) is 11.6. The van der Waals surface area contributed by atoms with Crippen LogP contribution in [-0.4, -0.2) is 47.4 Å². The predicted molar refractivity (Wildman–Crippen MR) is 96.9 cm³/mol. The lowest BCUT2D eigenvalue weighted by Crippen LogP contribution is -2.43. The molecule has 0 aliphatic carbocycles. The summed E-state index contributed by atoms with van der Waals surface area (Å²) in [6.45, 7) is 7.80. The van der Waals surface area contributed by atoms with E-state index in [2.05, 4.69) is 40.0 Å². The van der Waals surface area contributed by atoms with E-state index in [4.69, 9.17) is 0 Å². The minimum Gasteiger partial charge on any atom is -0.390 e. The van der Waals surface area contributed by atoms with Crippen LogP contribution in [0.3, 0.4) is 0 Å². The van der Waals surface area contributed by atoms with Crippen LogP contribution < -0.4 is 5.32 Å². The standard InChI is InChI=1S/C19H25N3O2/c1-3-7-18(20-4-2)19(24)21-12-17(23)14-22-11-10-15-8-5-6-9-16(15)13-22/h3-9,17,23H,2,10-14H2,1H3,(H,21,24)/b7-3-,20-18+/t17-/m1/s1. The Bertz CT molecular complexity index is 637.